The molecule has 1 heterocycles. The van der Waals surface area contributed by atoms with Gasteiger partial charge in [0.15, 0.2) is 6.29 Å². The van der Waals surface area contributed by atoms with E-state index in [2.05, 4.69) is 9.97 Å². The highest BCUT2D eigenvalue weighted by molar-refractivity contribution is 5.79. The Hall–Kier alpha value is -1.45. The van der Waals surface area contributed by atoms with E-state index >= 15 is 0 Å². The third kappa shape index (κ3) is 1.58. The molecule has 12 heavy (non-hydrogen) atoms. The van der Waals surface area contributed by atoms with E-state index in [1.807, 2.05) is 13.8 Å². The molecule has 0 aromatic carbocycles. The Bertz CT molecular complexity index is 296. The summed E-state index contributed by atoms with van der Waals surface area (Å²) in [7, 11) is 0. The first-order chi connectivity index (χ1) is 5.65. The number of nitrogens with two attached hydrogens (primary N) is 1. The number of carbonyl (C=O) groups excluding carboxylic acids is 1. The lowest BCUT2D eigenvalue weighted by molar-refractivity contribution is 0.111. The molecule has 0 amide bonds. The van der Waals surface area contributed by atoms with E-state index in [1.165, 1.54) is 6.20 Å². The third-order valence-electron chi connectivity index (χ3n) is 1.49. The standard InChI is InChI=1S/C8H11N3O/c1-5(2)8-10-3-6(9)7(4-12)11-8/h3-5H,9H2,1-2H3. The summed E-state index contributed by atoms with van der Waals surface area (Å²) >= 11 is 0. The normalized spacial score (nSPS) is 10.2. The van der Waals surface area contributed by atoms with Crippen molar-refractivity contribution in [3.63, 3.8) is 0 Å². The Morgan fingerprint density at radius 1 is 1.58 bits per heavy atom. The lowest BCUT2D eigenvalue weighted by atomic mass is 10.2. The Morgan fingerprint density at radius 2 is 2.25 bits per heavy atom. The number of aromatic nitrogens is 2. The SMILES string of the molecule is CC(C)c1ncc(N)c(C=O)n1. The van der Waals surface area contributed by atoms with Crippen molar-refractivity contribution in [3.05, 3.63) is 17.7 Å². The topological polar surface area (TPSA) is 68.9 Å². The minimum Gasteiger partial charge on any atom is -0.396 e. The molecule has 2 N–H and O–H groups in total. The molecule has 0 unspecified atom stereocenters. The fourth-order valence-electron chi connectivity index (χ4n) is 0.791. The maximum absolute atomic E-state index is 10.4. The summed E-state index contributed by atoms with van der Waals surface area (Å²) in [4.78, 5) is 18.4. The lowest BCUT2D eigenvalue weighted by Gasteiger charge is -2.04. The Kier molecular flexibility index (Phi) is 2.38. The zero-order valence-corrected chi connectivity index (χ0v) is 7.11. The second kappa shape index (κ2) is 3.30. The molecule has 1 aromatic heterocycles. The van der Waals surface area contributed by atoms with Crippen LogP contribution in [0.2, 0.25) is 0 Å². The van der Waals surface area contributed by atoms with Crippen molar-refractivity contribution in [1.29, 1.82) is 0 Å². The summed E-state index contributed by atoms with van der Waals surface area (Å²) in [6.45, 7) is 3.92. The fraction of sp³-hybridized carbons (Fsp3) is 0.375. The number of rotatable bonds is 2. The number of nitrogen functional groups attached to an aromatic ring is 1. The molecule has 1 aromatic rings. The Balaban J connectivity index is 3.13. The van der Waals surface area contributed by atoms with Gasteiger partial charge >= 0.3 is 0 Å². The van der Waals surface area contributed by atoms with Crippen molar-refractivity contribution in [2.24, 2.45) is 0 Å². The van der Waals surface area contributed by atoms with E-state index in [9.17, 15) is 4.79 Å². The van der Waals surface area contributed by atoms with Gasteiger partial charge in [-0.3, -0.25) is 4.79 Å². The van der Waals surface area contributed by atoms with Crippen LogP contribution in [-0.4, -0.2) is 16.3 Å². The van der Waals surface area contributed by atoms with Gasteiger partial charge in [0.25, 0.3) is 0 Å². The van der Waals surface area contributed by atoms with Gasteiger partial charge in [-0.25, -0.2) is 9.97 Å². The van der Waals surface area contributed by atoms with Crippen LogP contribution in [0.15, 0.2) is 6.20 Å². The molecule has 64 valence electrons. The van der Waals surface area contributed by atoms with Gasteiger partial charge in [0.05, 0.1) is 11.9 Å². The number of carbonyl (C=O) groups is 1. The molecule has 0 atom stereocenters. The smallest absolute Gasteiger partial charge is 0.170 e. The van der Waals surface area contributed by atoms with Gasteiger partial charge in [0.1, 0.15) is 11.5 Å². The molecule has 0 saturated heterocycles. The predicted molar refractivity (Wildman–Crippen MR) is 45.9 cm³/mol. The van der Waals surface area contributed by atoms with Crippen molar-refractivity contribution in [2.75, 3.05) is 5.73 Å². The second-order valence-electron chi connectivity index (χ2n) is 2.84. The van der Waals surface area contributed by atoms with Crippen LogP contribution in [0.3, 0.4) is 0 Å². The summed E-state index contributed by atoms with van der Waals surface area (Å²) in [6.07, 6.45) is 2.11. The molecular formula is C8H11N3O. The summed E-state index contributed by atoms with van der Waals surface area (Å²) in [5, 5.41) is 0. The molecule has 0 saturated carbocycles. The highest BCUT2D eigenvalue weighted by atomic mass is 16.1. The predicted octanol–water partition coefficient (Wildman–Crippen LogP) is 0.995. The van der Waals surface area contributed by atoms with E-state index < -0.39 is 0 Å². The van der Waals surface area contributed by atoms with Gasteiger partial charge in [0, 0.05) is 5.92 Å². The number of anilines is 1. The van der Waals surface area contributed by atoms with Crippen molar-refractivity contribution in [2.45, 2.75) is 19.8 Å². The van der Waals surface area contributed by atoms with Gasteiger partial charge in [-0.1, -0.05) is 13.8 Å². The second-order valence-corrected chi connectivity index (χ2v) is 2.84. The van der Waals surface area contributed by atoms with Gasteiger partial charge in [-0.2, -0.15) is 0 Å². The van der Waals surface area contributed by atoms with Crippen LogP contribution in [0.5, 0.6) is 0 Å². The van der Waals surface area contributed by atoms with Gasteiger partial charge < -0.3 is 5.73 Å². The van der Waals surface area contributed by atoms with E-state index in [0.717, 1.165) is 0 Å². The van der Waals surface area contributed by atoms with Crippen LogP contribution in [0, 0.1) is 0 Å². The first kappa shape index (κ1) is 8.64. The first-order valence-electron chi connectivity index (χ1n) is 3.72. The average molecular weight is 165 g/mol. The average Bonchev–Trinajstić information content (AvgIpc) is 2.05. The van der Waals surface area contributed by atoms with Crippen molar-refractivity contribution in [3.8, 4) is 0 Å². The van der Waals surface area contributed by atoms with Crippen LogP contribution in [0.25, 0.3) is 0 Å². The fourth-order valence-corrected chi connectivity index (χ4v) is 0.791. The Morgan fingerprint density at radius 3 is 2.75 bits per heavy atom. The molecule has 0 spiro atoms. The minimum atomic E-state index is 0.212. The molecule has 0 fully saturated rings. The highest BCUT2D eigenvalue weighted by Crippen LogP contribution is 2.11. The molecule has 0 radical (unpaired) electrons. The van der Waals surface area contributed by atoms with Crippen LogP contribution in [0.1, 0.15) is 36.1 Å². The van der Waals surface area contributed by atoms with Crippen molar-refractivity contribution >= 4 is 12.0 Å². The summed E-state index contributed by atoms with van der Waals surface area (Å²) in [5.41, 5.74) is 6.04. The van der Waals surface area contributed by atoms with E-state index in [4.69, 9.17) is 5.73 Å². The molecule has 4 heteroatoms. The highest BCUT2D eigenvalue weighted by Gasteiger charge is 2.05. The number of hydrogen-bond acceptors (Lipinski definition) is 4. The largest absolute Gasteiger partial charge is 0.396 e. The third-order valence-corrected chi connectivity index (χ3v) is 1.49. The molecule has 1 rings (SSSR count). The molecule has 0 aliphatic rings. The molecule has 0 bridgehead atoms. The quantitative estimate of drug-likeness (QED) is 0.663. The van der Waals surface area contributed by atoms with Crippen LogP contribution in [-0.2, 0) is 0 Å². The van der Waals surface area contributed by atoms with Gasteiger partial charge in [0.2, 0.25) is 0 Å². The zero-order valence-electron chi connectivity index (χ0n) is 7.11. The minimum absolute atomic E-state index is 0.212. The maximum atomic E-state index is 10.4. The van der Waals surface area contributed by atoms with Crippen LogP contribution >= 0.6 is 0 Å². The molecule has 4 nitrogen and oxygen atoms in total. The zero-order chi connectivity index (χ0) is 9.14. The summed E-state index contributed by atoms with van der Waals surface area (Å²) in [5.74, 6) is 0.857. The molecular weight excluding hydrogens is 154 g/mol. The molecule has 0 aliphatic heterocycles. The monoisotopic (exact) mass is 165 g/mol. The van der Waals surface area contributed by atoms with Crippen LogP contribution < -0.4 is 5.73 Å². The van der Waals surface area contributed by atoms with E-state index in [0.29, 0.717) is 17.8 Å². The van der Waals surface area contributed by atoms with E-state index in [1.54, 1.807) is 0 Å². The summed E-state index contributed by atoms with van der Waals surface area (Å²) in [6, 6.07) is 0. The molecule has 0 aliphatic carbocycles. The number of aldehydes is 1. The van der Waals surface area contributed by atoms with Crippen LogP contribution in [0.4, 0.5) is 5.69 Å². The number of hydrogen-bond donors (Lipinski definition) is 1. The lowest BCUT2D eigenvalue weighted by Crippen LogP contribution is -2.04. The van der Waals surface area contributed by atoms with Gasteiger partial charge in [-0.15, -0.1) is 0 Å². The summed E-state index contributed by atoms with van der Waals surface area (Å²) < 4.78 is 0. The Labute approximate surface area is 70.8 Å². The van der Waals surface area contributed by atoms with Gasteiger partial charge in [-0.05, 0) is 0 Å². The number of nitrogens with zero attached hydrogens (tertiary/aromatic N) is 2. The maximum Gasteiger partial charge on any atom is 0.170 e. The van der Waals surface area contributed by atoms with Crippen molar-refractivity contribution < 1.29 is 4.79 Å². The first-order valence-corrected chi connectivity index (χ1v) is 3.72. The van der Waals surface area contributed by atoms with E-state index in [-0.39, 0.29) is 11.6 Å². The van der Waals surface area contributed by atoms with Crippen molar-refractivity contribution in [1.82, 2.24) is 9.97 Å².